The topological polar surface area (TPSA) is 107 Å². The zero-order valence-corrected chi connectivity index (χ0v) is 17.6. The van der Waals surface area contributed by atoms with E-state index in [1.165, 1.54) is 18.2 Å². The summed E-state index contributed by atoms with van der Waals surface area (Å²) in [5, 5.41) is 0. The molecule has 166 valence electrons. The van der Waals surface area contributed by atoms with E-state index in [1.54, 1.807) is 4.90 Å². The highest BCUT2D eigenvalue weighted by atomic mass is 32.2. The molecule has 10 nitrogen and oxygen atoms in total. The molecule has 0 bridgehead atoms. The van der Waals surface area contributed by atoms with Crippen molar-refractivity contribution in [2.75, 3.05) is 72.3 Å². The molecule has 2 fully saturated rings. The highest BCUT2D eigenvalue weighted by Crippen LogP contribution is 2.34. The highest BCUT2D eigenvalue weighted by molar-refractivity contribution is 7.89. The first kappa shape index (κ1) is 21.3. The van der Waals surface area contributed by atoms with Gasteiger partial charge >= 0.3 is 0 Å². The summed E-state index contributed by atoms with van der Waals surface area (Å²) in [5.74, 6) is 0.530. The molecule has 0 aliphatic carbocycles. The lowest BCUT2D eigenvalue weighted by Gasteiger charge is -2.32. The summed E-state index contributed by atoms with van der Waals surface area (Å²) in [6.07, 6.45) is -0.746. The largest absolute Gasteiger partial charge is 0.485 e. The molecule has 11 heteroatoms. The maximum Gasteiger partial charge on any atom is 0.267 e. The van der Waals surface area contributed by atoms with E-state index in [0.29, 0.717) is 64.1 Å². The Balaban J connectivity index is 1.35. The molecule has 0 saturated carbocycles. The standard InChI is InChI=1S/C19H27N3O7S/c23-19(22-7-11-27-12-8-22)18-14-28-17-13-15(1-2-16(17)29-18)30(24,25)20-3-4-21-5-9-26-10-6-21/h1-2,13,18,20H,3-12,14H2/t18-/m0/s1. The average molecular weight is 442 g/mol. The van der Waals surface area contributed by atoms with E-state index in [9.17, 15) is 13.2 Å². The van der Waals surface area contributed by atoms with Crippen LogP contribution in [-0.4, -0.2) is 103 Å². The van der Waals surface area contributed by atoms with Crippen LogP contribution in [0.4, 0.5) is 0 Å². The van der Waals surface area contributed by atoms with Crippen molar-refractivity contribution in [3.8, 4) is 11.5 Å². The molecule has 0 unspecified atom stereocenters. The molecule has 1 amide bonds. The summed E-state index contributed by atoms with van der Waals surface area (Å²) >= 11 is 0. The minimum absolute atomic E-state index is 0.0388. The molecule has 3 heterocycles. The molecule has 1 N–H and O–H groups in total. The molecule has 1 aromatic carbocycles. The van der Waals surface area contributed by atoms with Crippen LogP contribution in [0.15, 0.2) is 23.1 Å². The number of amides is 1. The van der Waals surface area contributed by atoms with Crippen LogP contribution in [-0.2, 0) is 24.3 Å². The average Bonchev–Trinajstić information content (AvgIpc) is 2.79. The van der Waals surface area contributed by atoms with Gasteiger partial charge in [-0.25, -0.2) is 13.1 Å². The minimum atomic E-state index is -3.67. The van der Waals surface area contributed by atoms with Crippen LogP contribution in [0, 0.1) is 0 Å². The van der Waals surface area contributed by atoms with Gasteiger partial charge in [0.1, 0.15) is 6.61 Å². The SMILES string of the molecule is O=C([C@@H]1COc2cc(S(=O)(=O)NCCN3CCOCC3)ccc2O1)N1CCOCC1. The Hall–Kier alpha value is -1.92. The second-order valence-corrected chi connectivity index (χ2v) is 9.08. The molecule has 0 spiro atoms. The van der Waals surface area contributed by atoms with Crippen molar-refractivity contribution in [2.24, 2.45) is 0 Å². The van der Waals surface area contributed by atoms with Gasteiger partial charge in [0.25, 0.3) is 5.91 Å². The predicted octanol–water partition coefficient (Wildman–Crippen LogP) is -0.704. The first-order chi connectivity index (χ1) is 14.5. The van der Waals surface area contributed by atoms with E-state index in [4.69, 9.17) is 18.9 Å². The molecule has 4 rings (SSSR count). The third-order valence-corrected chi connectivity index (χ3v) is 6.77. The van der Waals surface area contributed by atoms with E-state index in [0.717, 1.165) is 13.1 Å². The van der Waals surface area contributed by atoms with E-state index in [2.05, 4.69) is 9.62 Å². The maximum absolute atomic E-state index is 12.6. The van der Waals surface area contributed by atoms with Gasteiger partial charge in [-0.2, -0.15) is 0 Å². The molecule has 3 aliphatic rings. The van der Waals surface area contributed by atoms with E-state index in [-0.39, 0.29) is 17.4 Å². The Morgan fingerprint density at radius 1 is 1.03 bits per heavy atom. The van der Waals surface area contributed by atoms with Gasteiger partial charge in [-0.1, -0.05) is 0 Å². The Morgan fingerprint density at radius 2 is 1.73 bits per heavy atom. The van der Waals surface area contributed by atoms with Gasteiger partial charge in [0.05, 0.1) is 31.3 Å². The molecular formula is C19H27N3O7S. The van der Waals surface area contributed by atoms with Crippen LogP contribution in [0.3, 0.4) is 0 Å². The van der Waals surface area contributed by atoms with Gasteiger partial charge in [-0.05, 0) is 12.1 Å². The lowest BCUT2D eigenvalue weighted by Crippen LogP contribution is -2.50. The van der Waals surface area contributed by atoms with Crippen LogP contribution in [0.25, 0.3) is 0 Å². The van der Waals surface area contributed by atoms with Gasteiger partial charge in [0, 0.05) is 45.3 Å². The number of carbonyl (C=O) groups excluding carboxylic acids is 1. The number of sulfonamides is 1. The third-order valence-electron chi connectivity index (χ3n) is 5.31. The van der Waals surface area contributed by atoms with Crippen LogP contribution >= 0.6 is 0 Å². The zero-order valence-electron chi connectivity index (χ0n) is 16.7. The van der Waals surface area contributed by atoms with Gasteiger partial charge < -0.3 is 23.8 Å². The summed E-state index contributed by atoms with van der Waals surface area (Å²) in [6.45, 7) is 5.99. The number of rotatable bonds is 6. The number of hydrogen-bond donors (Lipinski definition) is 1. The predicted molar refractivity (Wildman–Crippen MR) is 106 cm³/mol. The van der Waals surface area contributed by atoms with Crippen molar-refractivity contribution in [3.05, 3.63) is 18.2 Å². The van der Waals surface area contributed by atoms with Crippen LogP contribution in [0.2, 0.25) is 0 Å². The van der Waals surface area contributed by atoms with E-state index >= 15 is 0 Å². The normalized spacial score (nSPS) is 22.7. The number of nitrogens with zero attached hydrogens (tertiary/aromatic N) is 2. The molecule has 2 saturated heterocycles. The first-order valence-corrected chi connectivity index (χ1v) is 11.6. The van der Waals surface area contributed by atoms with Crippen molar-refractivity contribution in [1.82, 2.24) is 14.5 Å². The molecule has 3 aliphatic heterocycles. The number of carbonyl (C=O) groups is 1. The smallest absolute Gasteiger partial charge is 0.267 e. The Labute approximate surface area is 176 Å². The first-order valence-electron chi connectivity index (χ1n) is 10.1. The fourth-order valence-corrected chi connectivity index (χ4v) is 4.61. The molecule has 0 aromatic heterocycles. The highest BCUT2D eigenvalue weighted by Gasteiger charge is 2.32. The lowest BCUT2D eigenvalue weighted by molar-refractivity contribution is -0.145. The molecule has 1 aromatic rings. The van der Waals surface area contributed by atoms with Crippen LogP contribution < -0.4 is 14.2 Å². The number of nitrogens with one attached hydrogen (secondary N) is 1. The minimum Gasteiger partial charge on any atom is -0.485 e. The Bertz CT molecular complexity index is 852. The van der Waals surface area contributed by atoms with Gasteiger partial charge in [0.15, 0.2) is 11.5 Å². The Kier molecular flexibility index (Phi) is 6.74. The van der Waals surface area contributed by atoms with Gasteiger partial charge in [0.2, 0.25) is 16.1 Å². The number of hydrogen-bond acceptors (Lipinski definition) is 8. The fourth-order valence-electron chi connectivity index (χ4n) is 3.57. The van der Waals surface area contributed by atoms with Crippen molar-refractivity contribution < 1.29 is 32.2 Å². The van der Waals surface area contributed by atoms with Gasteiger partial charge in [-0.15, -0.1) is 0 Å². The summed E-state index contributed by atoms with van der Waals surface area (Å²) in [4.78, 5) is 16.5. The molecule has 30 heavy (non-hydrogen) atoms. The summed E-state index contributed by atoms with van der Waals surface area (Å²) in [6, 6.07) is 4.42. The quantitative estimate of drug-likeness (QED) is 0.618. The fraction of sp³-hybridized carbons (Fsp3) is 0.632. The molecule has 0 radical (unpaired) electrons. The summed E-state index contributed by atoms with van der Waals surface area (Å²) in [5.41, 5.74) is 0. The van der Waals surface area contributed by atoms with Crippen molar-refractivity contribution in [3.63, 3.8) is 0 Å². The number of benzene rings is 1. The van der Waals surface area contributed by atoms with Crippen LogP contribution in [0.5, 0.6) is 11.5 Å². The van der Waals surface area contributed by atoms with Crippen molar-refractivity contribution in [1.29, 1.82) is 0 Å². The monoisotopic (exact) mass is 441 g/mol. The molecule has 1 atom stereocenters. The number of fused-ring (bicyclic) bond motifs is 1. The third kappa shape index (κ3) is 5.03. The second kappa shape index (κ2) is 9.48. The number of morpholine rings is 2. The lowest BCUT2D eigenvalue weighted by atomic mass is 10.2. The Morgan fingerprint density at radius 3 is 2.47 bits per heavy atom. The zero-order chi connectivity index (χ0) is 21.0. The second-order valence-electron chi connectivity index (χ2n) is 7.32. The summed E-state index contributed by atoms with van der Waals surface area (Å²) < 4.78 is 49.9. The van der Waals surface area contributed by atoms with Crippen molar-refractivity contribution in [2.45, 2.75) is 11.0 Å². The van der Waals surface area contributed by atoms with E-state index in [1.807, 2.05) is 0 Å². The number of ether oxygens (including phenoxy) is 4. The van der Waals surface area contributed by atoms with E-state index < -0.39 is 16.1 Å². The van der Waals surface area contributed by atoms with Crippen LogP contribution in [0.1, 0.15) is 0 Å². The van der Waals surface area contributed by atoms with Crippen molar-refractivity contribution >= 4 is 15.9 Å². The van der Waals surface area contributed by atoms with Gasteiger partial charge in [-0.3, -0.25) is 9.69 Å². The maximum atomic E-state index is 12.6. The molecular weight excluding hydrogens is 414 g/mol. The summed E-state index contributed by atoms with van der Waals surface area (Å²) in [7, 11) is -3.67.